The Bertz CT molecular complexity index is 919. The van der Waals surface area contributed by atoms with Crippen LogP contribution in [-0.2, 0) is 6.42 Å². The highest BCUT2D eigenvalue weighted by Gasteiger charge is 2.15. The molecule has 0 saturated heterocycles. The van der Waals surface area contributed by atoms with E-state index in [9.17, 15) is 5.26 Å². The summed E-state index contributed by atoms with van der Waals surface area (Å²) in [5.74, 6) is 1.13. The maximum Gasteiger partial charge on any atom is 0.159 e. The quantitative estimate of drug-likeness (QED) is 0.715. The highest BCUT2D eigenvalue weighted by molar-refractivity contribution is 6.32. The zero-order chi connectivity index (χ0) is 16.6. The first kappa shape index (κ1) is 15.5. The number of aromatic nitrogens is 3. The van der Waals surface area contributed by atoms with Gasteiger partial charge in [-0.05, 0) is 43.0 Å². The molecule has 0 radical (unpaired) electrons. The molecule has 0 aliphatic heterocycles. The van der Waals surface area contributed by atoms with Gasteiger partial charge in [-0.1, -0.05) is 25.4 Å². The van der Waals surface area contributed by atoms with Crippen molar-refractivity contribution in [1.29, 1.82) is 5.26 Å². The summed E-state index contributed by atoms with van der Waals surface area (Å²) < 4.78 is 1.96. The summed E-state index contributed by atoms with van der Waals surface area (Å²) in [5.41, 5.74) is 3.56. The molecule has 0 bridgehead atoms. The lowest BCUT2D eigenvalue weighted by molar-refractivity contribution is 0.649. The van der Waals surface area contributed by atoms with Crippen LogP contribution in [0.4, 0.5) is 0 Å². The molecule has 0 N–H and O–H groups in total. The van der Waals surface area contributed by atoms with Gasteiger partial charge in [0.05, 0.1) is 22.8 Å². The second kappa shape index (κ2) is 6.02. The maximum absolute atomic E-state index is 9.40. The third kappa shape index (κ3) is 2.69. The summed E-state index contributed by atoms with van der Waals surface area (Å²) >= 11 is 6.37. The van der Waals surface area contributed by atoms with Gasteiger partial charge in [-0.2, -0.15) is 5.26 Å². The minimum Gasteiger partial charge on any atom is -0.300 e. The first-order chi connectivity index (χ1) is 11.0. The molecule has 0 spiro atoms. The molecule has 4 nitrogen and oxygen atoms in total. The van der Waals surface area contributed by atoms with Crippen LogP contribution in [0.15, 0.2) is 30.7 Å². The number of hydrogen-bond donors (Lipinski definition) is 0. The summed E-state index contributed by atoms with van der Waals surface area (Å²) in [6, 6.07) is 8.15. The molecule has 2 aromatic heterocycles. The van der Waals surface area contributed by atoms with Crippen LogP contribution in [0.25, 0.3) is 16.7 Å². The molecule has 2 heterocycles. The average Bonchev–Trinajstić information content (AvgIpc) is 2.94. The zero-order valence-electron chi connectivity index (χ0n) is 13.3. The highest BCUT2D eigenvalue weighted by atomic mass is 35.5. The summed E-state index contributed by atoms with van der Waals surface area (Å²) in [7, 11) is 0. The summed E-state index contributed by atoms with van der Waals surface area (Å²) in [4.78, 5) is 8.43. The fraction of sp³-hybridized carbons (Fsp3) is 0.278. The first-order valence-corrected chi connectivity index (χ1v) is 7.91. The fourth-order valence-corrected chi connectivity index (χ4v) is 3.00. The molecule has 116 valence electrons. The number of fused-ring (bicyclic) bond motifs is 1. The van der Waals surface area contributed by atoms with Crippen LogP contribution in [0.1, 0.15) is 30.7 Å². The van der Waals surface area contributed by atoms with Crippen LogP contribution in [0.2, 0.25) is 5.02 Å². The van der Waals surface area contributed by atoms with Crippen molar-refractivity contribution in [3.8, 4) is 11.9 Å². The first-order valence-electron chi connectivity index (χ1n) is 7.53. The molecule has 1 aromatic carbocycles. The van der Waals surface area contributed by atoms with Crippen LogP contribution in [0, 0.1) is 24.2 Å². The van der Waals surface area contributed by atoms with Gasteiger partial charge < -0.3 is 0 Å². The van der Waals surface area contributed by atoms with Crippen LogP contribution in [0.5, 0.6) is 0 Å². The van der Waals surface area contributed by atoms with E-state index in [1.807, 2.05) is 35.9 Å². The van der Waals surface area contributed by atoms with Gasteiger partial charge >= 0.3 is 0 Å². The number of benzene rings is 1. The van der Waals surface area contributed by atoms with E-state index in [1.54, 1.807) is 0 Å². The number of hydrogen-bond acceptors (Lipinski definition) is 3. The molecule has 23 heavy (non-hydrogen) atoms. The molecule has 0 unspecified atom stereocenters. The SMILES string of the molecule is Cc1ncnc(-n2ccc3c(CC(C)C)c(C#N)ccc32)c1Cl. The second-order valence-corrected chi connectivity index (χ2v) is 6.39. The lowest BCUT2D eigenvalue weighted by Gasteiger charge is -2.11. The van der Waals surface area contributed by atoms with Crippen molar-refractivity contribution in [3.05, 3.63) is 52.6 Å². The van der Waals surface area contributed by atoms with E-state index >= 15 is 0 Å². The van der Waals surface area contributed by atoms with Gasteiger partial charge in [-0.15, -0.1) is 0 Å². The predicted molar refractivity (Wildman–Crippen MR) is 91.9 cm³/mol. The highest BCUT2D eigenvalue weighted by Crippen LogP contribution is 2.30. The molecule has 0 fully saturated rings. The van der Waals surface area contributed by atoms with Gasteiger partial charge in [0.15, 0.2) is 5.82 Å². The van der Waals surface area contributed by atoms with Crippen molar-refractivity contribution in [2.24, 2.45) is 5.92 Å². The zero-order valence-corrected chi connectivity index (χ0v) is 14.1. The van der Waals surface area contributed by atoms with Crippen molar-refractivity contribution in [2.45, 2.75) is 27.2 Å². The monoisotopic (exact) mass is 324 g/mol. The number of nitriles is 1. The van der Waals surface area contributed by atoms with Crippen LogP contribution >= 0.6 is 11.6 Å². The Labute approximate surface area is 140 Å². The van der Waals surface area contributed by atoms with Crippen LogP contribution in [-0.4, -0.2) is 14.5 Å². The normalized spacial score (nSPS) is 11.1. The molecular weight excluding hydrogens is 308 g/mol. The molecule has 0 saturated carbocycles. The van der Waals surface area contributed by atoms with E-state index in [4.69, 9.17) is 11.6 Å². The smallest absolute Gasteiger partial charge is 0.159 e. The Kier molecular flexibility index (Phi) is 4.06. The molecule has 0 amide bonds. The third-order valence-electron chi connectivity index (χ3n) is 3.89. The molecule has 0 atom stereocenters. The van der Waals surface area contributed by atoms with Crippen molar-refractivity contribution in [1.82, 2.24) is 14.5 Å². The Hall–Kier alpha value is -2.38. The van der Waals surface area contributed by atoms with Crippen molar-refractivity contribution in [2.75, 3.05) is 0 Å². The largest absolute Gasteiger partial charge is 0.300 e. The van der Waals surface area contributed by atoms with E-state index in [2.05, 4.69) is 29.9 Å². The molecule has 0 aliphatic carbocycles. The summed E-state index contributed by atoms with van der Waals surface area (Å²) in [6.45, 7) is 6.17. The topological polar surface area (TPSA) is 54.5 Å². The number of rotatable bonds is 3. The van der Waals surface area contributed by atoms with Gasteiger partial charge in [-0.25, -0.2) is 9.97 Å². The maximum atomic E-state index is 9.40. The molecule has 3 rings (SSSR count). The van der Waals surface area contributed by atoms with Gasteiger partial charge in [0.25, 0.3) is 0 Å². The van der Waals surface area contributed by atoms with Crippen molar-refractivity contribution >= 4 is 22.5 Å². The van der Waals surface area contributed by atoms with Crippen LogP contribution in [0.3, 0.4) is 0 Å². The number of nitrogens with zero attached hydrogens (tertiary/aromatic N) is 4. The Morgan fingerprint density at radius 2 is 2.04 bits per heavy atom. The van der Waals surface area contributed by atoms with Gasteiger partial charge in [0, 0.05) is 11.6 Å². The van der Waals surface area contributed by atoms with Crippen molar-refractivity contribution in [3.63, 3.8) is 0 Å². The van der Waals surface area contributed by atoms with Gasteiger partial charge in [-0.3, -0.25) is 4.57 Å². The summed E-state index contributed by atoms with van der Waals surface area (Å²) in [5, 5.41) is 11.0. The molecule has 3 aromatic rings. The van der Waals surface area contributed by atoms with Crippen molar-refractivity contribution < 1.29 is 0 Å². The lowest BCUT2D eigenvalue weighted by atomic mass is 9.95. The van der Waals surface area contributed by atoms with Gasteiger partial charge in [0.2, 0.25) is 0 Å². The molecule has 0 aliphatic rings. The van der Waals surface area contributed by atoms with E-state index < -0.39 is 0 Å². The minimum atomic E-state index is 0.473. The number of aryl methyl sites for hydroxylation is 1. The number of halogens is 1. The Morgan fingerprint density at radius 1 is 1.26 bits per heavy atom. The second-order valence-electron chi connectivity index (χ2n) is 6.02. The van der Waals surface area contributed by atoms with E-state index in [0.29, 0.717) is 16.8 Å². The van der Waals surface area contributed by atoms with Gasteiger partial charge in [0.1, 0.15) is 11.3 Å². The standard InChI is InChI=1S/C18H17ClN4/c1-11(2)8-15-13(9-20)4-5-16-14(15)6-7-23(16)18-17(19)12(3)21-10-22-18/h4-7,10-11H,8H2,1-3H3. The third-order valence-corrected chi connectivity index (χ3v) is 4.33. The Morgan fingerprint density at radius 3 is 2.74 bits per heavy atom. The minimum absolute atomic E-state index is 0.473. The predicted octanol–water partition coefficient (Wildman–Crippen LogP) is 4.45. The van der Waals surface area contributed by atoms with E-state index in [-0.39, 0.29) is 0 Å². The molecule has 5 heteroatoms. The fourth-order valence-electron chi connectivity index (χ4n) is 2.81. The molecular formula is C18H17ClN4. The summed E-state index contributed by atoms with van der Waals surface area (Å²) in [6.07, 6.45) is 4.32. The lowest BCUT2D eigenvalue weighted by Crippen LogP contribution is -2.01. The van der Waals surface area contributed by atoms with E-state index in [0.717, 1.165) is 34.1 Å². The van der Waals surface area contributed by atoms with Crippen LogP contribution < -0.4 is 0 Å². The van der Waals surface area contributed by atoms with E-state index in [1.165, 1.54) is 6.33 Å². The Balaban J connectivity index is 2.26. The average molecular weight is 325 g/mol.